The van der Waals surface area contributed by atoms with Gasteiger partial charge in [0, 0.05) is 18.4 Å². The van der Waals surface area contributed by atoms with E-state index >= 15 is 0 Å². The molecule has 0 saturated heterocycles. The normalized spacial score (nSPS) is 18.0. The van der Waals surface area contributed by atoms with E-state index in [-0.39, 0.29) is 51.5 Å². The number of allylic oxidation sites excluding steroid dienone is 2. The number of esters is 3. The van der Waals surface area contributed by atoms with E-state index in [0.717, 1.165) is 18.6 Å². The summed E-state index contributed by atoms with van der Waals surface area (Å²) in [5.74, 6) is -26.4. The van der Waals surface area contributed by atoms with Crippen molar-refractivity contribution in [2.24, 2.45) is 17.8 Å². The van der Waals surface area contributed by atoms with Crippen LogP contribution in [0.1, 0.15) is 64.8 Å². The molecule has 3 atom stereocenters. The van der Waals surface area contributed by atoms with Gasteiger partial charge in [0.1, 0.15) is 29.6 Å². The highest BCUT2D eigenvalue weighted by Crippen LogP contribution is 2.50. The van der Waals surface area contributed by atoms with Gasteiger partial charge >= 0.3 is 54.0 Å². The van der Waals surface area contributed by atoms with Gasteiger partial charge in [-0.2, -0.15) is 61.5 Å². The fraction of sp³-hybridized carbons (Fsp3) is 0.439. The number of carbonyl (C=O) groups is 3. The van der Waals surface area contributed by atoms with Gasteiger partial charge in [-0.1, -0.05) is 12.2 Å². The highest BCUT2D eigenvalue weighted by Gasteiger charge is 2.73. The standard InChI is InChI=1S/C41H34F14O8/c42-36(43,38(46,47)40(50,51)52)15-1-17-59-28-9-5-24(6-10-28)33(56)62-30-13-14-32(27(21-30)22-61-35(58)31-20-23-3-4-26(31)19-23)63-34(57)25-7-11-29(12-8-25)60-18-2-16-37(44,45)39(48,49)41(53,54)55/h3-14,21,23,26,31H,1-2,15-20,22H2. The maximum atomic E-state index is 13.6. The van der Waals surface area contributed by atoms with Gasteiger partial charge in [-0.25, -0.2) is 9.59 Å². The van der Waals surface area contributed by atoms with Crippen LogP contribution in [0.2, 0.25) is 0 Å². The molecule has 3 aromatic carbocycles. The number of hydrogen-bond donors (Lipinski definition) is 0. The molecule has 8 nitrogen and oxygen atoms in total. The minimum Gasteiger partial charge on any atom is -0.494 e. The lowest BCUT2D eigenvalue weighted by Gasteiger charge is -2.28. The average Bonchev–Trinajstić information content (AvgIpc) is 3.85. The van der Waals surface area contributed by atoms with Crippen molar-refractivity contribution in [1.29, 1.82) is 0 Å². The summed E-state index contributed by atoms with van der Waals surface area (Å²) < 4.78 is 207. The first-order valence-electron chi connectivity index (χ1n) is 18.7. The number of halogens is 14. The molecule has 344 valence electrons. The molecule has 3 unspecified atom stereocenters. The van der Waals surface area contributed by atoms with Crippen LogP contribution < -0.4 is 18.9 Å². The Bertz CT molecular complexity index is 2120. The molecule has 2 bridgehead atoms. The first kappa shape index (κ1) is 48.5. The summed E-state index contributed by atoms with van der Waals surface area (Å²) in [7, 11) is 0. The summed E-state index contributed by atoms with van der Waals surface area (Å²) >= 11 is 0. The number of ether oxygens (including phenoxy) is 5. The SMILES string of the molecule is O=C(Oc1ccc(OC(=O)c2ccc(OCCCC(F)(F)C(F)(F)C(F)(F)F)cc2)c(COC(=O)C2CC3C=CC2C3)c1)c1ccc(OCCCC(F)(F)C(F)(F)C(F)(F)F)cc1. The van der Waals surface area contributed by atoms with Crippen LogP contribution in [0.4, 0.5) is 61.5 Å². The number of hydrogen-bond acceptors (Lipinski definition) is 8. The van der Waals surface area contributed by atoms with Crippen LogP contribution in [0.15, 0.2) is 78.9 Å². The van der Waals surface area contributed by atoms with Crippen LogP contribution in [0, 0.1) is 17.8 Å². The van der Waals surface area contributed by atoms with E-state index < -0.39 is 105 Å². The van der Waals surface area contributed by atoms with Gasteiger partial charge in [-0.05, 0) is 104 Å². The summed E-state index contributed by atoms with van der Waals surface area (Å²) in [6, 6.07) is 13.0. The van der Waals surface area contributed by atoms with Crippen LogP contribution in [0.5, 0.6) is 23.0 Å². The minimum atomic E-state index is -6.46. The molecule has 1 saturated carbocycles. The van der Waals surface area contributed by atoms with Gasteiger partial charge in [0.2, 0.25) is 0 Å². The Hall–Kier alpha value is -5.57. The van der Waals surface area contributed by atoms with Crippen molar-refractivity contribution in [3.63, 3.8) is 0 Å². The number of alkyl halides is 14. The fourth-order valence-electron chi connectivity index (χ4n) is 6.54. The lowest BCUT2D eigenvalue weighted by Crippen LogP contribution is -2.51. The van der Waals surface area contributed by atoms with Crippen molar-refractivity contribution in [2.45, 2.75) is 81.2 Å². The Balaban J connectivity index is 1.19. The van der Waals surface area contributed by atoms with Crippen molar-refractivity contribution < 1.29 is 99.5 Å². The van der Waals surface area contributed by atoms with E-state index in [1.54, 1.807) is 0 Å². The molecule has 22 heteroatoms. The van der Waals surface area contributed by atoms with E-state index in [1.807, 2.05) is 12.2 Å². The molecule has 0 N–H and O–H groups in total. The quantitative estimate of drug-likeness (QED) is 0.0386. The van der Waals surface area contributed by atoms with Crippen molar-refractivity contribution >= 4 is 17.9 Å². The maximum absolute atomic E-state index is 13.6. The molecule has 3 aromatic rings. The van der Waals surface area contributed by atoms with E-state index in [4.69, 9.17) is 23.7 Å². The van der Waals surface area contributed by atoms with E-state index in [0.29, 0.717) is 6.42 Å². The Morgan fingerprint density at radius 2 is 1.02 bits per heavy atom. The predicted molar refractivity (Wildman–Crippen MR) is 189 cm³/mol. The van der Waals surface area contributed by atoms with Gasteiger partial charge in [0.05, 0.1) is 30.3 Å². The highest BCUT2D eigenvalue weighted by molar-refractivity contribution is 5.92. The van der Waals surface area contributed by atoms with Gasteiger partial charge in [0.25, 0.3) is 0 Å². The van der Waals surface area contributed by atoms with Gasteiger partial charge in [0.15, 0.2) is 0 Å². The molecule has 0 aromatic heterocycles. The summed E-state index contributed by atoms with van der Waals surface area (Å²) in [6.07, 6.45) is -13.1. The van der Waals surface area contributed by atoms with Crippen LogP contribution in [-0.2, 0) is 16.1 Å². The van der Waals surface area contributed by atoms with Crippen molar-refractivity contribution in [3.05, 3.63) is 95.6 Å². The molecule has 2 aliphatic carbocycles. The molecular formula is C41H34F14O8. The van der Waals surface area contributed by atoms with Gasteiger partial charge in [-0.15, -0.1) is 0 Å². The molecule has 0 heterocycles. The zero-order chi connectivity index (χ0) is 46.6. The molecule has 0 aliphatic heterocycles. The Morgan fingerprint density at radius 1 is 0.556 bits per heavy atom. The minimum absolute atomic E-state index is 0.0167. The Labute approximate surface area is 348 Å². The largest absolute Gasteiger partial charge is 0.494 e. The van der Waals surface area contributed by atoms with Crippen molar-refractivity contribution in [3.8, 4) is 23.0 Å². The Kier molecular flexibility index (Phi) is 14.3. The van der Waals surface area contributed by atoms with E-state index in [2.05, 4.69) is 0 Å². The van der Waals surface area contributed by atoms with E-state index in [9.17, 15) is 75.8 Å². The summed E-state index contributed by atoms with van der Waals surface area (Å²) in [5.41, 5.74) is -0.157. The Morgan fingerprint density at radius 3 is 1.44 bits per heavy atom. The summed E-state index contributed by atoms with van der Waals surface area (Å²) in [6.45, 7) is -1.81. The monoisotopic (exact) mass is 920 g/mol. The van der Waals surface area contributed by atoms with Gasteiger partial charge < -0.3 is 23.7 Å². The molecular weight excluding hydrogens is 886 g/mol. The number of rotatable bonds is 19. The topological polar surface area (TPSA) is 97.4 Å². The zero-order valence-electron chi connectivity index (χ0n) is 32.2. The van der Waals surface area contributed by atoms with Gasteiger partial charge in [-0.3, -0.25) is 4.79 Å². The smallest absolute Gasteiger partial charge is 0.459 e. The third-order valence-electron chi connectivity index (χ3n) is 10.0. The lowest BCUT2D eigenvalue weighted by molar-refractivity contribution is -0.356. The third-order valence-corrected chi connectivity index (χ3v) is 10.0. The highest BCUT2D eigenvalue weighted by atomic mass is 19.4. The molecule has 0 spiro atoms. The second-order valence-corrected chi connectivity index (χ2v) is 14.5. The average molecular weight is 921 g/mol. The molecule has 63 heavy (non-hydrogen) atoms. The zero-order valence-corrected chi connectivity index (χ0v) is 32.2. The van der Waals surface area contributed by atoms with Crippen molar-refractivity contribution in [1.82, 2.24) is 0 Å². The lowest BCUT2D eigenvalue weighted by atomic mass is 9.94. The second-order valence-electron chi connectivity index (χ2n) is 14.5. The second kappa shape index (κ2) is 18.6. The fourth-order valence-corrected chi connectivity index (χ4v) is 6.54. The van der Waals surface area contributed by atoms with Crippen LogP contribution in [-0.4, -0.2) is 67.2 Å². The predicted octanol–water partition coefficient (Wildman–Crippen LogP) is 11.4. The molecule has 0 amide bonds. The maximum Gasteiger partial charge on any atom is 0.459 e. The molecule has 5 rings (SSSR count). The molecule has 1 fully saturated rings. The van der Waals surface area contributed by atoms with Crippen LogP contribution in [0.3, 0.4) is 0 Å². The first-order chi connectivity index (χ1) is 29.2. The van der Waals surface area contributed by atoms with Crippen LogP contribution in [0.25, 0.3) is 0 Å². The molecule has 0 radical (unpaired) electrons. The summed E-state index contributed by atoms with van der Waals surface area (Å²) in [4.78, 5) is 39.1. The number of carbonyl (C=O) groups excluding carboxylic acids is 3. The number of fused-ring (bicyclic) bond motifs is 2. The van der Waals surface area contributed by atoms with Crippen LogP contribution >= 0.6 is 0 Å². The first-order valence-corrected chi connectivity index (χ1v) is 18.7. The summed E-state index contributed by atoms with van der Waals surface area (Å²) in [5, 5.41) is 0. The third kappa shape index (κ3) is 11.3. The number of benzene rings is 3. The molecule has 2 aliphatic rings. The van der Waals surface area contributed by atoms with E-state index in [1.165, 1.54) is 54.6 Å². The van der Waals surface area contributed by atoms with Crippen molar-refractivity contribution in [2.75, 3.05) is 13.2 Å².